The van der Waals surface area contributed by atoms with Crippen LogP contribution in [-0.4, -0.2) is 25.8 Å². The van der Waals surface area contributed by atoms with Crippen LogP contribution >= 0.6 is 0 Å². The summed E-state index contributed by atoms with van der Waals surface area (Å²) in [6.45, 7) is 10.1. The van der Waals surface area contributed by atoms with Gasteiger partial charge in [-0.3, -0.25) is 0 Å². The molecular weight excluding hydrogens is 448 g/mol. The summed E-state index contributed by atoms with van der Waals surface area (Å²) in [4.78, 5) is 10.7. The molecule has 3 rings (SSSR count). The maximum absolute atomic E-state index is 10.7. The third-order valence-electron chi connectivity index (χ3n) is 5.82. The van der Waals surface area contributed by atoms with Gasteiger partial charge in [-0.15, -0.1) is 0 Å². The van der Waals surface area contributed by atoms with Crippen molar-refractivity contribution in [1.82, 2.24) is 0 Å². The summed E-state index contributed by atoms with van der Waals surface area (Å²) in [5.74, 6) is -0.162. The maximum Gasteiger partial charge on any atom is 0.335 e. The van der Waals surface area contributed by atoms with Crippen molar-refractivity contribution < 1.29 is 14.6 Å². The molecule has 0 aliphatic carbocycles. The molecule has 3 nitrogen and oxygen atoms in total. The molecule has 3 aromatic carbocycles. The average molecular weight is 491 g/mol. The lowest BCUT2D eigenvalue weighted by Gasteiger charge is -2.15. The number of benzene rings is 3. The number of carboxylic acid groups (broad SMARTS) is 1. The second-order valence-electron chi connectivity index (χ2n) is 10.2. The minimum absolute atomic E-state index is 0.293. The number of unbranched alkanes of at least 4 members (excludes halogenated alkanes) is 3. The van der Waals surface area contributed by atoms with Crippen LogP contribution in [0.1, 0.15) is 54.9 Å². The van der Waals surface area contributed by atoms with Crippen molar-refractivity contribution in [3.8, 4) is 16.9 Å². The predicted octanol–water partition coefficient (Wildman–Crippen LogP) is 8.97. The van der Waals surface area contributed by atoms with Gasteiger partial charge in [0.05, 0.1) is 12.2 Å². The van der Waals surface area contributed by atoms with Crippen LogP contribution in [-0.2, 0) is 6.42 Å². The quantitative estimate of drug-likeness (QED) is 0.203. The highest BCUT2D eigenvalue weighted by molar-refractivity contribution is 6.76. The summed E-state index contributed by atoms with van der Waals surface area (Å²) in [5, 5.41) is 8.76. The van der Waals surface area contributed by atoms with E-state index in [1.54, 1.807) is 24.3 Å². The van der Waals surface area contributed by atoms with E-state index in [-0.39, 0.29) is 0 Å². The maximum atomic E-state index is 10.7. The summed E-state index contributed by atoms with van der Waals surface area (Å²) in [6.07, 6.45) is 7.42. The van der Waals surface area contributed by atoms with Crippen molar-refractivity contribution in [2.45, 2.75) is 71.1 Å². The molecule has 0 radical (unpaired) electrons. The Morgan fingerprint density at radius 3 is 1.97 bits per heavy atom. The van der Waals surface area contributed by atoms with E-state index in [0.29, 0.717) is 12.2 Å². The highest BCUT2D eigenvalue weighted by Crippen LogP contribution is 2.20. The molecule has 0 bridgehead atoms. The van der Waals surface area contributed by atoms with E-state index in [1.165, 1.54) is 54.8 Å². The van der Waals surface area contributed by atoms with Gasteiger partial charge in [-0.25, -0.2) is 4.79 Å². The van der Waals surface area contributed by atoms with Crippen molar-refractivity contribution in [1.29, 1.82) is 0 Å². The van der Waals surface area contributed by atoms with Gasteiger partial charge in [-0.05, 0) is 60.2 Å². The second kappa shape index (κ2) is 15.2. The van der Waals surface area contributed by atoms with Crippen LogP contribution < -0.4 is 4.74 Å². The largest absolute Gasteiger partial charge is 0.494 e. The molecule has 1 N–H and O–H groups in total. The fourth-order valence-electron chi connectivity index (χ4n) is 3.71. The van der Waals surface area contributed by atoms with Gasteiger partial charge in [-0.2, -0.15) is 0 Å². The van der Waals surface area contributed by atoms with Gasteiger partial charge >= 0.3 is 5.97 Å². The van der Waals surface area contributed by atoms with Gasteiger partial charge < -0.3 is 9.84 Å². The molecule has 188 valence electrons. The van der Waals surface area contributed by atoms with Crippen molar-refractivity contribution in [2.75, 3.05) is 6.61 Å². The van der Waals surface area contributed by atoms with Gasteiger partial charge in [0.2, 0.25) is 0 Å². The standard InChI is InChI=1S/C17H20.C14H22O3Si/c1-2-3-5-8-15-11-13-17(14-12-15)16-9-6-4-7-10-16;1-18(2,3)11-5-4-10-17-13-8-6-12(7-9-13)14(15)16/h4,6-7,9-14H,2-3,5,8H2,1H3;6-9H,4-5,10-11H2,1-3H3,(H,15,16). The van der Waals surface area contributed by atoms with E-state index in [2.05, 4.69) is 81.2 Å². The molecule has 0 spiro atoms. The summed E-state index contributed by atoms with van der Waals surface area (Å²) < 4.78 is 5.58. The lowest BCUT2D eigenvalue weighted by molar-refractivity contribution is 0.0697. The van der Waals surface area contributed by atoms with Crippen LogP contribution in [0.3, 0.4) is 0 Å². The number of hydrogen-bond acceptors (Lipinski definition) is 2. The van der Waals surface area contributed by atoms with Crippen molar-refractivity contribution in [3.63, 3.8) is 0 Å². The van der Waals surface area contributed by atoms with Crippen molar-refractivity contribution >= 4 is 14.0 Å². The summed E-state index contributed by atoms with van der Waals surface area (Å²) >= 11 is 0. The molecule has 0 heterocycles. The van der Waals surface area contributed by atoms with Gasteiger partial charge in [0.25, 0.3) is 0 Å². The lowest BCUT2D eigenvalue weighted by Crippen LogP contribution is -2.18. The fourth-order valence-corrected chi connectivity index (χ4v) is 5.03. The molecule has 0 amide bonds. The number of hydrogen-bond donors (Lipinski definition) is 1. The molecule has 3 aromatic rings. The van der Waals surface area contributed by atoms with Gasteiger partial charge in [0.15, 0.2) is 0 Å². The molecule has 0 saturated carbocycles. The number of aryl methyl sites for hydroxylation is 1. The Hall–Kier alpha value is -2.85. The zero-order chi connectivity index (χ0) is 25.5. The van der Waals surface area contributed by atoms with Crippen molar-refractivity contribution in [2.24, 2.45) is 0 Å². The van der Waals surface area contributed by atoms with E-state index in [4.69, 9.17) is 9.84 Å². The molecule has 35 heavy (non-hydrogen) atoms. The zero-order valence-electron chi connectivity index (χ0n) is 21.9. The molecule has 0 unspecified atom stereocenters. The molecular formula is C31H42O3Si. The Labute approximate surface area is 213 Å². The van der Waals surface area contributed by atoms with Crippen LogP contribution in [0, 0.1) is 0 Å². The Bertz CT molecular complexity index is 974. The molecule has 0 fully saturated rings. The van der Waals surface area contributed by atoms with Gasteiger partial charge in [0, 0.05) is 8.07 Å². The number of rotatable bonds is 12. The summed E-state index contributed by atoms with van der Waals surface area (Å²) in [6, 6.07) is 27.4. The molecule has 0 aliphatic rings. The smallest absolute Gasteiger partial charge is 0.335 e. The second-order valence-corrected chi connectivity index (χ2v) is 15.8. The van der Waals surface area contributed by atoms with Crippen LogP contribution in [0.2, 0.25) is 25.7 Å². The minimum Gasteiger partial charge on any atom is -0.494 e. The summed E-state index contributed by atoms with van der Waals surface area (Å²) in [7, 11) is -0.927. The Kier molecular flexibility index (Phi) is 12.3. The molecule has 0 aromatic heterocycles. The number of carbonyl (C=O) groups is 1. The first-order valence-corrected chi connectivity index (χ1v) is 16.6. The number of ether oxygens (including phenoxy) is 1. The van der Waals surface area contributed by atoms with E-state index < -0.39 is 14.0 Å². The highest BCUT2D eigenvalue weighted by Gasteiger charge is 2.11. The SMILES string of the molecule is CCCCCc1ccc(-c2ccccc2)cc1.C[Si](C)(C)CCCCOc1ccc(C(=O)O)cc1. The van der Waals surface area contributed by atoms with E-state index in [9.17, 15) is 4.79 Å². The minimum atomic E-state index is -0.927. The Balaban J connectivity index is 0.000000247. The first kappa shape index (κ1) is 28.4. The van der Waals surface area contributed by atoms with E-state index in [1.807, 2.05) is 0 Å². The molecule has 4 heteroatoms. The van der Waals surface area contributed by atoms with Gasteiger partial charge in [-0.1, -0.05) is 106 Å². The predicted molar refractivity (Wildman–Crippen MR) is 151 cm³/mol. The first-order valence-electron chi connectivity index (χ1n) is 12.9. The highest BCUT2D eigenvalue weighted by atomic mass is 28.3. The topological polar surface area (TPSA) is 46.5 Å². The van der Waals surface area contributed by atoms with E-state index in [0.717, 1.165) is 12.2 Å². The molecule has 0 aliphatic heterocycles. The van der Waals surface area contributed by atoms with Crippen LogP contribution in [0.5, 0.6) is 5.75 Å². The zero-order valence-corrected chi connectivity index (χ0v) is 22.9. The average Bonchev–Trinajstić information content (AvgIpc) is 2.85. The number of carboxylic acids is 1. The number of aromatic carboxylic acids is 1. The van der Waals surface area contributed by atoms with E-state index >= 15 is 0 Å². The first-order chi connectivity index (χ1) is 16.8. The third kappa shape index (κ3) is 11.9. The monoisotopic (exact) mass is 490 g/mol. The molecule has 0 saturated heterocycles. The van der Waals surface area contributed by atoms with Gasteiger partial charge in [0.1, 0.15) is 5.75 Å². The Morgan fingerprint density at radius 1 is 0.771 bits per heavy atom. The normalized spacial score (nSPS) is 10.9. The van der Waals surface area contributed by atoms with Crippen LogP contribution in [0.25, 0.3) is 11.1 Å². The van der Waals surface area contributed by atoms with Crippen LogP contribution in [0.4, 0.5) is 0 Å². The third-order valence-corrected chi connectivity index (χ3v) is 7.67. The summed E-state index contributed by atoms with van der Waals surface area (Å²) in [5.41, 5.74) is 4.36. The van der Waals surface area contributed by atoms with Crippen LogP contribution in [0.15, 0.2) is 78.9 Å². The Morgan fingerprint density at radius 2 is 1.40 bits per heavy atom. The lowest BCUT2D eigenvalue weighted by atomic mass is 10.0. The van der Waals surface area contributed by atoms with Crippen molar-refractivity contribution in [3.05, 3.63) is 90.0 Å². The molecule has 0 atom stereocenters. The fraction of sp³-hybridized carbons (Fsp3) is 0.387.